The van der Waals surface area contributed by atoms with Crippen LogP contribution in [0.5, 0.6) is 0 Å². The first-order valence-electron chi connectivity index (χ1n) is 5.61. The molecule has 1 aliphatic rings. The summed E-state index contributed by atoms with van der Waals surface area (Å²) >= 11 is 1.87. The average Bonchev–Trinajstić information content (AvgIpc) is 2.74. The summed E-state index contributed by atoms with van der Waals surface area (Å²) in [5, 5.41) is 3.58. The van der Waals surface area contributed by atoms with Gasteiger partial charge in [-0.1, -0.05) is 6.07 Å². The Morgan fingerprint density at radius 3 is 2.60 bits per heavy atom. The summed E-state index contributed by atoms with van der Waals surface area (Å²) < 4.78 is 0. The smallest absolute Gasteiger partial charge is 0.0331 e. The van der Waals surface area contributed by atoms with Crippen LogP contribution in [0.15, 0.2) is 17.0 Å². The molecular weight excluding hydrogens is 202 g/mol. The molecule has 1 atom stereocenters. The molecule has 0 radical (unpaired) electrons. The van der Waals surface area contributed by atoms with Crippen molar-refractivity contribution in [2.75, 3.05) is 12.8 Å². The van der Waals surface area contributed by atoms with Crippen LogP contribution in [0.1, 0.15) is 35.6 Å². The second kappa shape index (κ2) is 4.58. The molecule has 1 fully saturated rings. The van der Waals surface area contributed by atoms with Crippen molar-refractivity contribution in [3.8, 4) is 0 Å². The Labute approximate surface area is 96.7 Å². The minimum atomic E-state index is 0.590. The molecule has 1 saturated heterocycles. The largest absolute Gasteiger partial charge is 0.310 e. The van der Waals surface area contributed by atoms with E-state index in [9.17, 15) is 0 Å². The first kappa shape index (κ1) is 11.0. The van der Waals surface area contributed by atoms with Crippen molar-refractivity contribution in [2.45, 2.75) is 37.6 Å². The maximum Gasteiger partial charge on any atom is 0.0331 e. The minimum Gasteiger partial charge on any atom is -0.310 e. The second-order valence-electron chi connectivity index (χ2n) is 4.33. The predicted molar refractivity (Wildman–Crippen MR) is 67.7 cm³/mol. The van der Waals surface area contributed by atoms with Gasteiger partial charge in [0.05, 0.1) is 0 Å². The van der Waals surface area contributed by atoms with Gasteiger partial charge in [0.25, 0.3) is 0 Å². The Bertz CT molecular complexity index is 354. The van der Waals surface area contributed by atoms with Gasteiger partial charge in [0, 0.05) is 10.9 Å². The molecule has 0 aromatic heterocycles. The molecule has 2 rings (SSSR count). The second-order valence-corrected chi connectivity index (χ2v) is 5.18. The summed E-state index contributed by atoms with van der Waals surface area (Å²) in [6.07, 6.45) is 4.77. The van der Waals surface area contributed by atoms with E-state index in [1.807, 2.05) is 11.8 Å². The van der Waals surface area contributed by atoms with Gasteiger partial charge < -0.3 is 5.32 Å². The molecule has 1 nitrogen and oxygen atoms in total. The molecule has 1 heterocycles. The van der Waals surface area contributed by atoms with Crippen LogP contribution in [0.2, 0.25) is 0 Å². The van der Waals surface area contributed by atoms with E-state index in [1.165, 1.54) is 41.0 Å². The number of nitrogens with one attached hydrogen (secondary N) is 1. The molecule has 1 aromatic rings. The van der Waals surface area contributed by atoms with Crippen molar-refractivity contribution in [1.29, 1.82) is 0 Å². The zero-order valence-corrected chi connectivity index (χ0v) is 10.6. The molecule has 2 heteroatoms. The van der Waals surface area contributed by atoms with Gasteiger partial charge in [-0.25, -0.2) is 0 Å². The van der Waals surface area contributed by atoms with E-state index < -0.39 is 0 Å². The van der Waals surface area contributed by atoms with Crippen molar-refractivity contribution >= 4 is 11.8 Å². The Hall–Kier alpha value is -0.470. The van der Waals surface area contributed by atoms with Crippen LogP contribution in [0.4, 0.5) is 0 Å². The Morgan fingerprint density at radius 2 is 2.00 bits per heavy atom. The lowest BCUT2D eigenvalue weighted by Gasteiger charge is -2.17. The van der Waals surface area contributed by atoms with Gasteiger partial charge in [0.2, 0.25) is 0 Å². The van der Waals surface area contributed by atoms with Crippen LogP contribution in [0, 0.1) is 13.8 Å². The van der Waals surface area contributed by atoms with Crippen LogP contribution in [-0.4, -0.2) is 12.8 Å². The zero-order valence-electron chi connectivity index (χ0n) is 9.76. The molecule has 1 unspecified atom stereocenters. The molecule has 1 aliphatic heterocycles. The highest BCUT2D eigenvalue weighted by Gasteiger charge is 2.19. The lowest BCUT2D eigenvalue weighted by atomic mass is 10.00. The van der Waals surface area contributed by atoms with Gasteiger partial charge in [-0.3, -0.25) is 0 Å². The van der Waals surface area contributed by atoms with E-state index in [0.717, 1.165) is 0 Å². The number of benzene rings is 1. The molecule has 0 aliphatic carbocycles. The van der Waals surface area contributed by atoms with Crippen molar-refractivity contribution in [3.05, 3.63) is 28.8 Å². The topological polar surface area (TPSA) is 12.0 Å². The molecule has 15 heavy (non-hydrogen) atoms. The van der Waals surface area contributed by atoms with Crippen LogP contribution >= 0.6 is 11.8 Å². The monoisotopic (exact) mass is 221 g/mol. The van der Waals surface area contributed by atoms with E-state index in [-0.39, 0.29) is 0 Å². The van der Waals surface area contributed by atoms with E-state index in [2.05, 4.69) is 37.6 Å². The van der Waals surface area contributed by atoms with Gasteiger partial charge in [0.1, 0.15) is 0 Å². The lowest BCUT2D eigenvalue weighted by molar-refractivity contribution is 0.635. The highest BCUT2D eigenvalue weighted by molar-refractivity contribution is 7.98. The van der Waals surface area contributed by atoms with Gasteiger partial charge >= 0.3 is 0 Å². The third kappa shape index (κ3) is 2.21. The molecule has 1 aromatic carbocycles. The van der Waals surface area contributed by atoms with E-state index in [1.54, 1.807) is 0 Å². The quantitative estimate of drug-likeness (QED) is 0.768. The SMILES string of the molecule is CSc1cc(C)c(C)cc1C1CCCN1. The third-order valence-electron chi connectivity index (χ3n) is 3.28. The molecule has 0 amide bonds. The average molecular weight is 221 g/mol. The van der Waals surface area contributed by atoms with Gasteiger partial charge in [-0.15, -0.1) is 11.8 Å². The van der Waals surface area contributed by atoms with Crippen LogP contribution in [0.3, 0.4) is 0 Å². The maximum absolute atomic E-state index is 3.58. The molecule has 0 saturated carbocycles. The van der Waals surface area contributed by atoms with Gasteiger partial charge in [-0.05, 0) is 62.2 Å². The fraction of sp³-hybridized carbons (Fsp3) is 0.538. The number of rotatable bonds is 2. The fourth-order valence-corrected chi connectivity index (χ4v) is 2.94. The van der Waals surface area contributed by atoms with Crippen molar-refractivity contribution in [3.63, 3.8) is 0 Å². The Morgan fingerprint density at radius 1 is 1.27 bits per heavy atom. The number of hydrogen-bond acceptors (Lipinski definition) is 2. The highest BCUT2D eigenvalue weighted by Crippen LogP contribution is 2.32. The summed E-state index contributed by atoms with van der Waals surface area (Å²) in [6.45, 7) is 5.57. The molecule has 0 bridgehead atoms. The van der Waals surface area contributed by atoms with Gasteiger partial charge in [-0.2, -0.15) is 0 Å². The van der Waals surface area contributed by atoms with Crippen LogP contribution < -0.4 is 5.32 Å². The highest BCUT2D eigenvalue weighted by atomic mass is 32.2. The fourth-order valence-electron chi connectivity index (χ4n) is 2.21. The summed E-state index contributed by atoms with van der Waals surface area (Å²) in [4.78, 5) is 1.44. The minimum absolute atomic E-state index is 0.590. The van der Waals surface area contributed by atoms with E-state index in [4.69, 9.17) is 0 Å². The number of aryl methyl sites for hydroxylation is 2. The number of hydrogen-bond donors (Lipinski definition) is 1. The molecular formula is C13H19NS. The summed E-state index contributed by atoms with van der Waals surface area (Å²) in [5.74, 6) is 0. The normalized spacial score (nSPS) is 20.9. The van der Waals surface area contributed by atoms with Crippen molar-refractivity contribution < 1.29 is 0 Å². The standard InChI is InChI=1S/C13H19NS/c1-9-7-11(12-5-4-6-14-12)13(15-3)8-10(9)2/h7-8,12,14H,4-6H2,1-3H3. The Kier molecular flexibility index (Phi) is 3.37. The number of thioether (sulfide) groups is 1. The summed E-state index contributed by atoms with van der Waals surface area (Å²) in [7, 11) is 0. The summed E-state index contributed by atoms with van der Waals surface area (Å²) in [6, 6.07) is 5.28. The Balaban J connectivity index is 2.39. The molecule has 82 valence electrons. The van der Waals surface area contributed by atoms with Crippen LogP contribution in [-0.2, 0) is 0 Å². The third-order valence-corrected chi connectivity index (χ3v) is 4.08. The lowest BCUT2D eigenvalue weighted by Crippen LogP contribution is -2.14. The van der Waals surface area contributed by atoms with Crippen molar-refractivity contribution in [2.24, 2.45) is 0 Å². The van der Waals surface area contributed by atoms with Crippen molar-refractivity contribution in [1.82, 2.24) is 5.32 Å². The zero-order chi connectivity index (χ0) is 10.8. The summed E-state index contributed by atoms with van der Waals surface area (Å²) in [5.41, 5.74) is 4.32. The molecule has 1 N–H and O–H groups in total. The molecule has 0 spiro atoms. The van der Waals surface area contributed by atoms with E-state index in [0.29, 0.717) is 6.04 Å². The van der Waals surface area contributed by atoms with Crippen LogP contribution in [0.25, 0.3) is 0 Å². The van der Waals surface area contributed by atoms with Gasteiger partial charge in [0.15, 0.2) is 0 Å². The first-order valence-corrected chi connectivity index (χ1v) is 6.83. The first-order chi connectivity index (χ1) is 7.22. The maximum atomic E-state index is 3.58. The predicted octanol–water partition coefficient (Wildman–Crippen LogP) is 3.45. The van der Waals surface area contributed by atoms with E-state index >= 15 is 0 Å².